The van der Waals surface area contributed by atoms with E-state index in [0.717, 1.165) is 25.7 Å². The SMILES string of the molecule is CC(C)(C)OC(=O)CC1CC(C=O)CCN1. The molecule has 0 saturated carbocycles. The molecule has 1 rings (SSSR count). The highest BCUT2D eigenvalue weighted by Gasteiger charge is 2.25. The molecule has 0 aromatic rings. The first-order valence-electron chi connectivity index (χ1n) is 5.81. The van der Waals surface area contributed by atoms with E-state index in [1.54, 1.807) is 0 Å². The summed E-state index contributed by atoms with van der Waals surface area (Å²) in [6.07, 6.45) is 2.95. The maximum atomic E-state index is 11.6. The summed E-state index contributed by atoms with van der Waals surface area (Å²) in [5.41, 5.74) is -0.435. The second kappa shape index (κ2) is 5.43. The Kier molecular flexibility index (Phi) is 4.47. The molecule has 1 N–H and O–H groups in total. The van der Waals surface area contributed by atoms with Crippen molar-refractivity contribution in [1.82, 2.24) is 5.32 Å². The van der Waals surface area contributed by atoms with Crippen molar-refractivity contribution >= 4 is 12.3 Å². The summed E-state index contributed by atoms with van der Waals surface area (Å²) < 4.78 is 5.24. The van der Waals surface area contributed by atoms with Crippen LogP contribution in [0.25, 0.3) is 0 Å². The highest BCUT2D eigenvalue weighted by atomic mass is 16.6. The first-order valence-corrected chi connectivity index (χ1v) is 5.81. The van der Waals surface area contributed by atoms with Crippen LogP contribution in [0.2, 0.25) is 0 Å². The standard InChI is InChI=1S/C12H21NO3/c1-12(2,3)16-11(15)7-10-6-9(8-14)4-5-13-10/h8-10,13H,4-7H2,1-3H3. The number of rotatable bonds is 3. The van der Waals surface area contributed by atoms with Crippen LogP contribution in [0.5, 0.6) is 0 Å². The van der Waals surface area contributed by atoms with Crippen LogP contribution in [0.1, 0.15) is 40.0 Å². The van der Waals surface area contributed by atoms with Gasteiger partial charge in [0.1, 0.15) is 11.9 Å². The molecule has 0 radical (unpaired) electrons. The van der Waals surface area contributed by atoms with E-state index in [9.17, 15) is 9.59 Å². The van der Waals surface area contributed by atoms with Gasteiger partial charge in [0.25, 0.3) is 0 Å². The minimum Gasteiger partial charge on any atom is -0.460 e. The van der Waals surface area contributed by atoms with Crippen molar-refractivity contribution in [3.63, 3.8) is 0 Å². The summed E-state index contributed by atoms with van der Waals surface area (Å²) in [6, 6.07) is 0.0822. The van der Waals surface area contributed by atoms with E-state index in [1.807, 2.05) is 20.8 Å². The Morgan fingerprint density at radius 1 is 1.50 bits per heavy atom. The van der Waals surface area contributed by atoms with E-state index < -0.39 is 5.60 Å². The molecular formula is C12H21NO3. The van der Waals surface area contributed by atoms with Gasteiger partial charge in [-0.2, -0.15) is 0 Å². The Bertz CT molecular complexity index is 257. The van der Waals surface area contributed by atoms with Crippen LogP contribution in [-0.4, -0.2) is 30.4 Å². The Morgan fingerprint density at radius 2 is 2.19 bits per heavy atom. The molecule has 16 heavy (non-hydrogen) atoms. The quantitative estimate of drug-likeness (QED) is 0.583. The largest absolute Gasteiger partial charge is 0.460 e. The molecule has 4 heteroatoms. The summed E-state index contributed by atoms with van der Waals surface area (Å²) in [5, 5.41) is 3.24. The lowest BCUT2D eigenvalue weighted by Crippen LogP contribution is -2.41. The monoisotopic (exact) mass is 227 g/mol. The van der Waals surface area contributed by atoms with Gasteiger partial charge < -0.3 is 14.8 Å². The van der Waals surface area contributed by atoms with Gasteiger partial charge in [-0.1, -0.05) is 0 Å². The van der Waals surface area contributed by atoms with Crippen molar-refractivity contribution in [3.8, 4) is 0 Å². The molecule has 0 aromatic carbocycles. The first-order chi connectivity index (χ1) is 7.40. The van der Waals surface area contributed by atoms with E-state index >= 15 is 0 Å². The Morgan fingerprint density at radius 3 is 2.75 bits per heavy atom. The molecule has 0 amide bonds. The van der Waals surface area contributed by atoms with Crippen LogP contribution in [0.15, 0.2) is 0 Å². The topological polar surface area (TPSA) is 55.4 Å². The van der Waals surface area contributed by atoms with Crippen molar-refractivity contribution in [1.29, 1.82) is 0 Å². The van der Waals surface area contributed by atoms with Gasteiger partial charge in [0.05, 0.1) is 6.42 Å². The van der Waals surface area contributed by atoms with E-state index in [1.165, 1.54) is 0 Å². The predicted octanol–water partition coefficient (Wildman–Crippen LogP) is 1.29. The highest BCUT2D eigenvalue weighted by Crippen LogP contribution is 2.17. The zero-order valence-electron chi connectivity index (χ0n) is 10.3. The molecule has 0 aromatic heterocycles. The second-order valence-electron chi connectivity index (χ2n) is 5.36. The van der Waals surface area contributed by atoms with Crippen LogP contribution in [0.4, 0.5) is 0 Å². The van der Waals surface area contributed by atoms with E-state index in [2.05, 4.69) is 5.32 Å². The lowest BCUT2D eigenvalue weighted by atomic mass is 9.92. The highest BCUT2D eigenvalue weighted by molar-refractivity contribution is 5.70. The summed E-state index contributed by atoms with van der Waals surface area (Å²) in [7, 11) is 0. The Hall–Kier alpha value is -0.900. The van der Waals surface area contributed by atoms with Gasteiger partial charge >= 0.3 is 5.97 Å². The lowest BCUT2D eigenvalue weighted by molar-refractivity contribution is -0.155. The normalized spacial score (nSPS) is 26.2. The Labute approximate surface area is 96.7 Å². The number of piperidine rings is 1. The molecule has 92 valence electrons. The summed E-state index contributed by atoms with van der Waals surface area (Å²) in [5.74, 6) is -0.106. The number of carbonyl (C=O) groups excluding carboxylic acids is 2. The number of aldehydes is 1. The fourth-order valence-corrected chi connectivity index (χ4v) is 1.90. The molecule has 2 atom stereocenters. The fraction of sp³-hybridized carbons (Fsp3) is 0.833. The fourth-order valence-electron chi connectivity index (χ4n) is 1.90. The van der Waals surface area contributed by atoms with Crippen LogP contribution in [-0.2, 0) is 14.3 Å². The third-order valence-corrected chi connectivity index (χ3v) is 2.56. The van der Waals surface area contributed by atoms with Crippen LogP contribution < -0.4 is 5.32 Å². The average molecular weight is 227 g/mol. The van der Waals surface area contributed by atoms with Gasteiger partial charge in [0.2, 0.25) is 0 Å². The molecular weight excluding hydrogens is 206 g/mol. The van der Waals surface area contributed by atoms with Crippen molar-refractivity contribution in [2.45, 2.75) is 51.7 Å². The number of hydrogen-bond donors (Lipinski definition) is 1. The van der Waals surface area contributed by atoms with Crippen molar-refractivity contribution in [3.05, 3.63) is 0 Å². The number of hydrogen-bond acceptors (Lipinski definition) is 4. The minimum atomic E-state index is -0.435. The zero-order chi connectivity index (χ0) is 12.2. The van der Waals surface area contributed by atoms with Crippen molar-refractivity contribution < 1.29 is 14.3 Å². The van der Waals surface area contributed by atoms with Crippen LogP contribution in [0.3, 0.4) is 0 Å². The van der Waals surface area contributed by atoms with Gasteiger partial charge in [0, 0.05) is 12.0 Å². The van der Waals surface area contributed by atoms with Crippen molar-refractivity contribution in [2.75, 3.05) is 6.54 Å². The molecule has 1 heterocycles. The number of nitrogens with one attached hydrogen (secondary N) is 1. The van der Waals surface area contributed by atoms with E-state index in [-0.39, 0.29) is 17.9 Å². The maximum Gasteiger partial charge on any atom is 0.307 e. The van der Waals surface area contributed by atoms with Crippen LogP contribution in [0, 0.1) is 5.92 Å². The lowest BCUT2D eigenvalue weighted by Gasteiger charge is -2.28. The number of carbonyl (C=O) groups is 2. The molecule has 2 unspecified atom stereocenters. The van der Waals surface area contributed by atoms with E-state index in [0.29, 0.717) is 6.42 Å². The molecule has 0 bridgehead atoms. The summed E-state index contributed by atoms with van der Waals surface area (Å²) in [6.45, 7) is 6.37. The first kappa shape index (κ1) is 13.2. The van der Waals surface area contributed by atoms with Gasteiger partial charge in [0.15, 0.2) is 0 Å². The molecule has 0 aliphatic carbocycles. The zero-order valence-corrected chi connectivity index (χ0v) is 10.3. The smallest absolute Gasteiger partial charge is 0.307 e. The molecule has 1 saturated heterocycles. The summed E-state index contributed by atoms with van der Waals surface area (Å²) in [4.78, 5) is 22.2. The maximum absolute atomic E-state index is 11.6. The predicted molar refractivity (Wildman–Crippen MR) is 61.0 cm³/mol. The second-order valence-corrected chi connectivity index (χ2v) is 5.36. The van der Waals surface area contributed by atoms with Gasteiger partial charge in [-0.25, -0.2) is 0 Å². The number of esters is 1. The summed E-state index contributed by atoms with van der Waals surface area (Å²) >= 11 is 0. The third-order valence-electron chi connectivity index (χ3n) is 2.56. The number of ether oxygens (including phenoxy) is 1. The minimum absolute atomic E-state index is 0.0822. The van der Waals surface area contributed by atoms with E-state index in [4.69, 9.17) is 4.74 Å². The van der Waals surface area contributed by atoms with Gasteiger partial charge in [-0.3, -0.25) is 4.79 Å². The van der Waals surface area contributed by atoms with Crippen LogP contribution >= 0.6 is 0 Å². The Balaban J connectivity index is 2.36. The third kappa shape index (κ3) is 4.75. The molecule has 4 nitrogen and oxygen atoms in total. The van der Waals surface area contributed by atoms with Crippen molar-refractivity contribution in [2.24, 2.45) is 5.92 Å². The average Bonchev–Trinajstić information content (AvgIpc) is 2.15. The van der Waals surface area contributed by atoms with Gasteiger partial charge in [-0.15, -0.1) is 0 Å². The molecule has 1 fully saturated rings. The van der Waals surface area contributed by atoms with Gasteiger partial charge in [-0.05, 0) is 40.2 Å². The molecule has 0 spiro atoms. The molecule has 1 aliphatic heterocycles. The molecule has 1 aliphatic rings.